The number of ketones is 1. The van der Waals surface area contributed by atoms with Gasteiger partial charge in [-0.15, -0.1) is 40.5 Å². The number of hydrogen-bond donors (Lipinski definition) is 1. The molecule has 0 saturated heterocycles. The summed E-state index contributed by atoms with van der Waals surface area (Å²) < 4.78 is 42.7. The first-order valence-corrected chi connectivity index (χ1v) is 20.8. The Labute approximate surface area is 356 Å². The zero-order valence-corrected chi connectivity index (χ0v) is 39.4. The molecule has 3 aromatic carbocycles. The van der Waals surface area contributed by atoms with Gasteiger partial charge in [0.25, 0.3) is 0 Å². The van der Waals surface area contributed by atoms with Crippen LogP contribution < -0.4 is 0 Å². The van der Waals surface area contributed by atoms with Crippen LogP contribution in [0.25, 0.3) is 42.3 Å². The smallest absolute Gasteiger partial charge is 0.409 e. The monoisotopic (exact) mass is 980 g/mol. The quantitative estimate of drug-likeness (QED) is 0.0860. The fourth-order valence-electron chi connectivity index (χ4n) is 8.13. The summed E-state index contributed by atoms with van der Waals surface area (Å²) in [6, 6.07) is 15.8. The molecule has 5 rings (SSSR count). The molecule has 0 spiro atoms. The Hall–Kier alpha value is -3.13. The van der Waals surface area contributed by atoms with Gasteiger partial charge in [0.2, 0.25) is 0 Å². The minimum Gasteiger partial charge on any atom is -0.512 e. The Balaban J connectivity index is 0.000000372. The zero-order chi connectivity index (χ0) is 42.1. The van der Waals surface area contributed by atoms with Crippen LogP contribution in [0.15, 0.2) is 60.6 Å². The van der Waals surface area contributed by atoms with Gasteiger partial charge in [0.1, 0.15) is 6.33 Å². The van der Waals surface area contributed by atoms with Crippen LogP contribution in [0.4, 0.5) is 13.2 Å². The van der Waals surface area contributed by atoms with Crippen molar-refractivity contribution >= 4 is 48.2 Å². The summed E-state index contributed by atoms with van der Waals surface area (Å²) in [4.78, 5) is 21.6. The molecule has 0 amide bonds. The number of fused-ring (bicyclic) bond motifs is 4. The fraction of sp³-hybridized carbons (Fsp3) is 0.521. The molecule has 5 aromatic rings. The van der Waals surface area contributed by atoms with Crippen molar-refractivity contribution in [1.29, 1.82) is 0 Å². The van der Waals surface area contributed by atoms with Gasteiger partial charge in [0.15, 0.2) is 5.78 Å². The van der Waals surface area contributed by atoms with Crippen LogP contribution >= 0.6 is 11.3 Å². The number of hydrogen-bond acceptors (Lipinski definition) is 5. The maximum Gasteiger partial charge on any atom is 0.409 e. The van der Waals surface area contributed by atoms with E-state index in [1.807, 2.05) is 6.07 Å². The average molecular weight is 980 g/mol. The van der Waals surface area contributed by atoms with E-state index in [9.17, 15) is 23.1 Å². The van der Waals surface area contributed by atoms with Crippen LogP contribution in [0.3, 0.4) is 0 Å². The third kappa shape index (κ3) is 12.4. The second-order valence-electron chi connectivity index (χ2n) is 19.3. The third-order valence-electron chi connectivity index (χ3n) is 10.1. The normalized spacial score (nSPS) is 13.1. The molecular formula is C48H62F3IrN2O2S-. The van der Waals surface area contributed by atoms with Crippen molar-refractivity contribution in [2.45, 2.75) is 116 Å². The summed E-state index contributed by atoms with van der Waals surface area (Å²) in [6.07, 6.45) is 0.287. The van der Waals surface area contributed by atoms with Crippen molar-refractivity contribution in [1.82, 2.24) is 9.97 Å². The summed E-state index contributed by atoms with van der Waals surface area (Å²) in [5.74, 6) is 1.63. The predicted octanol–water partition coefficient (Wildman–Crippen LogP) is 14.5. The van der Waals surface area contributed by atoms with E-state index in [0.29, 0.717) is 46.7 Å². The van der Waals surface area contributed by atoms with Gasteiger partial charge in [-0.05, 0) is 59.0 Å². The minimum atomic E-state index is -4.42. The number of aliphatic hydroxyl groups excluding tert-OH is 1. The molecule has 0 atom stereocenters. The molecule has 313 valence electrons. The summed E-state index contributed by atoms with van der Waals surface area (Å²) >= 11 is 1.63. The topological polar surface area (TPSA) is 63.1 Å². The molecule has 0 fully saturated rings. The molecular weight excluding hydrogens is 918 g/mol. The molecule has 1 N–H and O–H groups in total. The van der Waals surface area contributed by atoms with Gasteiger partial charge in [-0.2, -0.15) is 13.2 Å². The fourth-order valence-corrected chi connectivity index (χ4v) is 9.36. The number of aromatic nitrogens is 2. The molecule has 0 aliphatic rings. The van der Waals surface area contributed by atoms with Crippen molar-refractivity contribution in [3.8, 4) is 11.3 Å². The Morgan fingerprint density at radius 2 is 1.33 bits per heavy atom. The SMILES string of the molecule is CC(C)(C)Cc1ccc2c(c1)sc1c(-c3[c-]c4cc(C(F)(F)F)ccc4c(CC(C)(C)C)c3)ncnc12.CC(C)C(C(=O)/C=C(\O)C(C(C)C)C(C)C)C(C)C.[Ir]. The molecule has 4 nitrogen and oxygen atoms in total. The average Bonchev–Trinajstić information content (AvgIpc) is 3.40. The van der Waals surface area contributed by atoms with Crippen LogP contribution in [-0.2, 0) is 43.9 Å². The van der Waals surface area contributed by atoms with Gasteiger partial charge >= 0.3 is 6.18 Å². The van der Waals surface area contributed by atoms with Crippen molar-refractivity contribution in [2.75, 3.05) is 0 Å². The maximum absolute atomic E-state index is 13.5. The first-order valence-electron chi connectivity index (χ1n) is 19.9. The number of carbonyl (C=O) groups excluding carboxylic acids is 1. The molecule has 9 heteroatoms. The minimum absolute atomic E-state index is 0. The van der Waals surface area contributed by atoms with Crippen molar-refractivity contribution in [3.63, 3.8) is 0 Å². The summed E-state index contributed by atoms with van der Waals surface area (Å²) in [7, 11) is 0. The molecule has 2 heterocycles. The second-order valence-corrected chi connectivity index (χ2v) is 20.3. The van der Waals surface area contributed by atoms with E-state index < -0.39 is 11.7 Å². The molecule has 1 radical (unpaired) electrons. The van der Waals surface area contributed by atoms with Gasteiger partial charge in [0, 0.05) is 64.1 Å². The van der Waals surface area contributed by atoms with Gasteiger partial charge < -0.3 is 5.11 Å². The largest absolute Gasteiger partial charge is 0.512 e. The Bertz CT molecular complexity index is 2170. The molecule has 0 unspecified atom stereocenters. The zero-order valence-electron chi connectivity index (χ0n) is 36.2. The van der Waals surface area contributed by atoms with E-state index in [0.717, 1.165) is 43.7 Å². The molecule has 0 bridgehead atoms. The number of nitrogens with zero attached hydrogens (tertiary/aromatic N) is 2. The van der Waals surface area contributed by atoms with Crippen molar-refractivity contribution in [3.05, 3.63) is 83.4 Å². The Morgan fingerprint density at radius 3 is 1.86 bits per heavy atom. The van der Waals surface area contributed by atoms with Crippen LogP contribution in [0.2, 0.25) is 0 Å². The Morgan fingerprint density at radius 1 is 0.772 bits per heavy atom. The Kier molecular flexibility index (Phi) is 16.0. The maximum atomic E-state index is 13.5. The van der Waals surface area contributed by atoms with E-state index in [4.69, 9.17) is 0 Å². The van der Waals surface area contributed by atoms with E-state index in [1.165, 1.54) is 17.7 Å². The van der Waals surface area contributed by atoms with Crippen LogP contribution in [0.1, 0.15) is 114 Å². The molecule has 0 aliphatic heterocycles. The first-order chi connectivity index (χ1) is 25.8. The van der Waals surface area contributed by atoms with Crippen LogP contribution in [0, 0.1) is 52.4 Å². The molecule has 0 aliphatic carbocycles. The van der Waals surface area contributed by atoms with Crippen LogP contribution in [-0.4, -0.2) is 20.9 Å². The van der Waals surface area contributed by atoms with Gasteiger partial charge in [-0.25, -0.2) is 4.98 Å². The number of carbonyl (C=O) groups is 1. The van der Waals surface area contributed by atoms with Crippen molar-refractivity contribution < 1.29 is 43.2 Å². The van der Waals surface area contributed by atoms with E-state index in [-0.39, 0.29) is 54.3 Å². The number of benzene rings is 3. The summed E-state index contributed by atoms with van der Waals surface area (Å²) in [6.45, 7) is 29.7. The molecule has 2 aromatic heterocycles. The van der Waals surface area contributed by atoms with E-state index in [2.05, 4.69) is 131 Å². The summed E-state index contributed by atoms with van der Waals surface area (Å²) in [5.41, 5.74) is 3.98. The number of rotatable bonds is 10. The van der Waals surface area contributed by atoms with Crippen LogP contribution in [0.5, 0.6) is 0 Å². The van der Waals surface area contributed by atoms with E-state index >= 15 is 0 Å². The molecule has 0 saturated carbocycles. The number of aliphatic hydroxyl groups is 1. The number of alkyl halides is 3. The van der Waals surface area contributed by atoms with E-state index in [1.54, 1.807) is 23.7 Å². The van der Waals surface area contributed by atoms with Crippen molar-refractivity contribution in [2.24, 2.45) is 46.3 Å². The predicted molar refractivity (Wildman–Crippen MR) is 230 cm³/mol. The second kappa shape index (κ2) is 18.8. The van der Waals surface area contributed by atoms with Gasteiger partial charge in [0.05, 0.1) is 11.3 Å². The standard InChI is InChI=1S/C31H30F3N2S.C17H32O2.Ir/c1-29(2,3)15-18-7-9-24-25(11-18)37-28-26(35-17-36-27(24)28)20-12-19-14-22(31(32,33)34)8-10-23(19)21(13-20)16-30(4,5)6;1-10(2)16(11(3)4)14(18)9-15(19)17(12(5)6)13(7)8;/h7-11,13-14,17H,15-16H2,1-6H3;9-13,16-18H,1-8H3;/q-1;;/b;14-9-;. The van der Waals surface area contributed by atoms with Gasteiger partial charge in [-0.3, -0.25) is 9.78 Å². The first kappa shape index (κ1) is 48.2. The molecule has 57 heavy (non-hydrogen) atoms. The summed E-state index contributed by atoms with van der Waals surface area (Å²) in [5, 5.41) is 12.6. The number of allylic oxidation sites excluding steroid dienone is 2. The third-order valence-corrected chi connectivity index (χ3v) is 11.3. The van der Waals surface area contributed by atoms with Gasteiger partial charge in [-0.1, -0.05) is 132 Å². The number of thiophene rings is 1. The number of halogens is 3.